The zero-order valence-corrected chi connectivity index (χ0v) is 30.6. The maximum Gasteiger partial charge on any atom is 0.257 e. The van der Waals surface area contributed by atoms with Crippen LogP contribution in [0, 0.1) is 5.92 Å². The van der Waals surface area contributed by atoms with Crippen LogP contribution in [0.5, 0.6) is 5.75 Å². The van der Waals surface area contributed by atoms with Crippen LogP contribution in [0.15, 0.2) is 51.6 Å². The van der Waals surface area contributed by atoms with Gasteiger partial charge >= 0.3 is 0 Å². The van der Waals surface area contributed by atoms with Gasteiger partial charge in [0, 0.05) is 39.0 Å². The van der Waals surface area contributed by atoms with Gasteiger partial charge in [-0.25, -0.2) is 0 Å². The van der Waals surface area contributed by atoms with Crippen molar-refractivity contribution in [3.63, 3.8) is 0 Å². The van der Waals surface area contributed by atoms with E-state index in [1.54, 1.807) is 41.3 Å². The fraction of sp³-hybridized carbons (Fsp3) is 0.541. The summed E-state index contributed by atoms with van der Waals surface area (Å²) in [6.07, 6.45) is 3.29. The summed E-state index contributed by atoms with van der Waals surface area (Å²) < 4.78 is 16.3. The summed E-state index contributed by atoms with van der Waals surface area (Å²) in [7, 11) is 0. The lowest BCUT2D eigenvalue weighted by atomic mass is 10.0. The molecule has 2 aromatic heterocycles. The summed E-state index contributed by atoms with van der Waals surface area (Å²) >= 11 is 0. The number of carbonyl (C=O) groups excluding carboxylic acids is 5. The Morgan fingerprint density at radius 1 is 0.962 bits per heavy atom. The van der Waals surface area contributed by atoms with Crippen LogP contribution in [-0.2, 0) is 36.8 Å². The van der Waals surface area contributed by atoms with Crippen LogP contribution in [0.4, 0.5) is 0 Å². The molecule has 3 atom stereocenters. The van der Waals surface area contributed by atoms with E-state index in [9.17, 15) is 29.1 Å². The van der Waals surface area contributed by atoms with Crippen LogP contribution in [0.1, 0.15) is 70.8 Å². The SMILES string of the molecule is CC(C)C[C@H]1NC(=O)Cc2cccc(c2)OCC(=O)NCCCN(C(=O)CCCc2nc(-c3ccco3)no2)CCCCNC(=O)[C@H]([C@@H](C)O)NC1=O. The molecule has 2 bridgehead atoms. The second kappa shape index (κ2) is 20.7. The third kappa shape index (κ3) is 13.7. The molecule has 1 aliphatic heterocycles. The van der Waals surface area contributed by atoms with Gasteiger partial charge in [0.05, 0.1) is 18.8 Å². The Bertz CT molecular complexity index is 1640. The number of nitrogens with zero attached hydrogens (tertiary/aromatic N) is 3. The number of rotatable bonds is 8. The number of aryl methyl sites for hydroxylation is 1. The standard InChI is InChI=1S/C37H51N7O9/c1-24(2)20-28-36(49)42-34(25(3)45)37(50)39-15-4-5-17-44(33(48)14-7-13-32-41-35(43-53-32)29-12-8-19-51-29)18-9-16-38-31(47)23-52-27-11-6-10-26(21-27)22-30(46)40-28/h6,8,10-12,19,21,24-25,28,34,45H,4-5,7,9,13-18,20,22-23H2,1-3H3,(H,38,47)(H,39,50)(H,40,46)(H,42,49)/t25-,28-,34+/m1/s1. The van der Waals surface area contributed by atoms with Gasteiger partial charge in [-0.2, -0.15) is 4.98 Å². The summed E-state index contributed by atoms with van der Waals surface area (Å²) in [6.45, 7) is 6.37. The molecule has 0 aliphatic carbocycles. The number of fused-ring (bicyclic) bond motifs is 2. The number of aliphatic hydroxyl groups excluding tert-OH is 1. The van der Waals surface area contributed by atoms with Gasteiger partial charge in [-0.3, -0.25) is 24.0 Å². The van der Waals surface area contributed by atoms with Crippen molar-refractivity contribution in [3.05, 3.63) is 54.1 Å². The first-order chi connectivity index (χ1) is 25.5. The van der Waals surface area contributed by atoms with Crippen molar-refractivity contribution in [1.82, 2.24) is 36.3 Å². The van der Waals surface area contributed by atoms with E-state index < -0.39 is 35.9 Å². The average Bonchev–Trinajstić information content (AvgIpc) is 3.82. The van der Waals surface area contributed by atoms with Crippen LogP contribution < -0.4 is 26.0 Å². The van der Waals surface area contributed by atoms with Gasteiger partial charge in [-0.05, 0) is 74.8 Å². The molecule has 1 aromatic carbocycles. The van der Waals surface area contributed by atoms with Crippen molar-refractivity contribution in [1.29, 1.82) is 0 Å². The molecule has 3 aromatic rings. The number of furan rings is 1. The van der Waals surface area contributed by atoms with Gasteiger partial charge in [-0.15, -0.1) is 0 Å². The van der Waals surface area contributed by atoms with Crippen molar-refractivity contribution in [2.45, 2.75) is 90.3 Å². The number of ether oxygens (including phenoxy) is 1. The molecular weight excluding hydrogens is 686 g/mol. The minimum absolute atomic E-state index is 0.0393. The van der Waals surface area contributed by atoms with Crippen molar-refractivity contribution in [2.24, 2.45) is 5.92 Å². The Hall–Kier alpha value is -5.25. The van der Waals surface area contributed by atoms with E-state index in [1.807, 2.05) is 13.8 Å². The number of carbonyl (C=O) groups is 5. The fourth-order valence-electron chi connectivity index (χ4n) is 5.76. The number of aliphatic hydroxyl groups is 1. The van der Waals surface area contributed by atoms with E-state index in [4.69, 9.17) is 13.7 Å². The number of benzene rings is 1. The molecule has 16 heteroatoms. The van der Waals surface area contributed by atoms with E-state index in [1.165, 1.54) is 13.2 Å². The minimum atomic E-state index is -1.24. The predicted molar refractivity (Wildman–Crippen MR) is 192 cm³/mol. The number of amides is 5. The summed E-state index contributed by atoms with van der Waals surface area (Å²) in [6, 6.07) is 8.03. The lowest BCUT2D eigenvalue weighted by Crippen LogP contribution is -2.57. The first-order valence-corrected chi connectivity index (χ1v) is 18.2. The van der Waals surface area contributed by atoms with Crippen LogP contribution in [0.2, 0.25) is 0 Å². The second-order valence-corrected chi connectivity index (χ2v) is 13.5. The van der Waals surface area contributed by atoms with Crippen LogP contribution in [0.3, 0.4) is 0 Å². The van der Waals surface area contributed by atoms with E-state index in [0.717, 1.165) is 0 Å². The van der Waals surface area contributed by atoms with Crippen molar-refractivity contribution in [3.8, 4) is 17.3 Å². The quantitative estimate of drug-likeness (QED) is 0.225. The third-order valence-electron chi connectivity index (χ3n) is 8.48. The highest BCUT2D eigenvalue weighted by atomic mass is 16.5. The first-order valence-electron chi connectivity index (χ1n) is 18.2. The molecule has 288 valence electrons. The summed E-state index contributed by atoms with van der Waals surface area (Å²) in [4.78, 5) is 71.4. The molecule has 4 rings (SSSR count). The summed E-state index contributed by atoms with van der Waals surface area (Å²) in [5.74, 6) is -0.299. The zero-order chi connectivity index (χ0) is 38.2. The van der Waals surface area contributed by atoms with Crippen molar-refractivity contribution < 1.29 is 42.8 Å². The van der Waals surface area contributed by atoms with Crippen LogP contribution >= 0.6 is 0 Å². The first kappa shape index (κ1) is 40.5. The molecule has 1 aliphatic rings. The smallest absolute Gasteiger partial charge is 0.257 e. The molecule has 3 heterocycles. The van der Waals surface area contributed by atoms with Crippen LogP contribution in [0.25, 0.3) is 11.6 Å². The number of hydrogen-bond acceptors (Lipinski definition) is 11. The van der Waals surface area contributed by atoms with Gasteiger partial charge in [0.1, 0.15) is 17.8 Å². The highest BCUT2D eigenvalue weighted by Crippen LogP contribution is 2.17. The molecule has 0 radical (unpaired) electrons. The maximum atomic E-state index is 13.3. The molecule has 0 fully saturated rings. The van der Waals surface area contributed by atoms with E-state index in [-0.39, 0.29) is 43.7 Å². The van der Waals surface area contributed by atoms with Gasteiger partial charge < -0.3 is 45.0 Å². The number of nitrogens with one attached hydrogen (secondary N) is 4. The molecule has 0 unspecified atom stereocenters. The Balaban J connectivity index is 1.40. The third-order valence-corrected chi connectivity index (χ3v) is 8.48. The van der Waals surface area contributed by atoms with E-state index in [2.05, 4.69) is 31.4 Å². The summed E-state index contributed by atoms with van der Waals surface area (Å²) in [5.41, 5.74) is 0.611. The molecule has 0 spiro atoms. The average molecular weight is 738 g/mol. The Labute approximate surface area is 308 Å². The van der Waals surface area contributed by atoms with Gasteiger partial charge in [0.15, 0.2) is 12.4 Å². The normalized spacial score (nSPS) is 19.6. The molecule has 0 saturated carbocycles. The minimum Gasteiger partial charge on any atom is -0.484 e. The molecule has 5 N–H and O–H groups in total. The van der Waals surface area contributed by atoms with Gasteiger partial charge in [-0.1, -0.05) is 31.1 Å². The molecule has 5 amide bonds. The fourth-order valence-corrected chi connectivity index (χ4v) is 5.76. The van der Waals surface area contributed by atoms with Crippen LogP contribution in [-0.4, -0.2) is 101 Å². The van der Waals surface area contributed by atoms with E-state index in [0.29, 0.717) is 86.9 Å². The molecule has 0 saturated heterocycles. The topological polar surface area (TPSA) is 218 Å². The van der Waals surface area contributed by atoms with Crippen molar-refractivity contribution >= 4 is 29.5 Å². The summed E-state index contributed by atoms with van der Waals surface area (Å²) in [5, 5.41) is 25.3. The number of aromatic nitrogens is 2. The number of hydrogen-bond donors (Lipinski definition) is 5. The molecule has 16 nitrogen and oxygen atoms in total. The Morgan fingerprint density at radius 2 is 1.75 bits per heavy atom. The monoisotopic (exact) mass is 737 g/mol. The van der Waals surface area contributed by atoms with Gasteiger partial charge in [0.2, 0.25) is 35.3 Å². The lowest BCUT2D eigenvalue weighted by molar-refractivity contribution is -0.134. The predicted octanol–water partition coefficient (Wildman–Crippen LogP) is 1.92. The Kier molecular flexibility index (Phi) is 15.8. The molecular formula is C37H51N7O9. The van der Waals surface area contributed by atoms with E-state index >= 15 is 0 Å². The second-order valence-electron chi connectivity index (χ2n) is 13.5. The van der Waals surface area contributed by atoms with Crippen molar-refractivity contribution in [2.75, 3.05) is 32.8 Å². The highest BCUT2D eigenvalue weighted by molar-refractivity contribution is 5.92. The zero-order valence-electron chi connectivity index (χ0n) is 30.6. The van der Waals surface area contributed by atoms with Gasteiger partial charge in [0.25, 0.3) is 5.91 Å². The Morgan fingerprint density at radius 3 is 2.51 bits per heavy atom. The maximum absolute atomic E-state index is 13.3. The molecule has 53 heavy (non-hydrogen) atoms. The lowest BCUT2D eigenvalue weighted by Gasteiger charge is -2.26. The highest BCUT2D eigenvalue weighted by Gasteiger charge is 2.30. The largest absolute Gasteiger partial charge is 0.484 e.